The van der Waals surface area contributed by atoms with Crippen LogP contribution < -0.4 is 0 Å². The molecule has 146 valence electrons. The van der Waals surface area contributed by atoms with Crippen molar-refractivity contribution in [1.29, 1.82) is 0 Å². The quantitative estimate of drug-likeness (QED) is 0.558. The minimum absolute atomic E-state index is 0.00551. The molecular formula is C21H33NO4. The number of ether oxygens (including phenoxy) is 3. The number of rotatable bonds is 2. The molecule has 9 atom stereocenters. The first-order chi connectivity index (χ1) is 12.3. The standard InChI is InChI=1S/C21H33NO4/c1-12-5-6-17-15(11-22-9-13(2)24-14(3)10-22)18(23)25-21(17)16(12)7-8-20(4)19(21)26-20/h12-17,19H,5-11H2,1-4H3/t12-,13-,14+,15+,16+,17+,19-,20-,21-/m1/s1. The van der Waals surface area contributed by atoms with E-state index in [0.29, 0.717) is 17.8 Å². The largest absolute Gasteiger partial charge is 0.455 e. The summed E-state index contributed by atoms with van der Waals surface area (Å²) in [7, 11) is 0. The highest BCUT2D eigenvalue weighted by Gasteiger charge is 2.77. The van der Waals surface area contributed by atoms with Crippen molar-refractivity contribution in [2.75, 3.05) is 19.6 Å². The highest BCUT2D eigenvalue weighted by Crippen LogP contribution is 2.66. The Kier molecular flexibility index (Phi) is 3.81. The van der Waals surface area contributed by atoms with Crippen LogP contribution in [0.5, 0.6) is 0 Å². The molecule has 0 bridgehead atoms. The van der Waals surface area contributed by atoms with Gasteiger partial charge >= 0.3 is 5.97 Å². The average Bonchev–Trinajstić information content (AvgIpc) is 3.18. The molecule has 0 aromatic carbocycles. The van der Waals surface area contributed by atoms with Crippen LogP contribution in [-0.2, 0) is 19.0 Å². The maximum atomic E-state index is 13.1. The highest BCUT2D eigenvalue weighted by molar-refractivity contribution is 5.77. The molecule has 0 radical (unpaired) electrons. The van der Waals surface area contributed by atoms with Gasteiger partial charge in [-0.15, -0.1) is 0 Å². The maximum Gasteiger partial charge on any atom is 0.311 e. The molecule has 0 unspecified atom stereocenters. The van der Waals surface area contributed by atoms with E-state index in [1.165, 1.54) is 6.42 Å². The van der Waals surface area contributed by atoms with E-state index in [2.05, 4.69) is 32.6 Å². The molecule has 5 rings (SSSR count). The molecule has 3 saturated heterocycles. The zero-order valence-corrected chi connectivity index (χ0v) is 16.6. The van der Waals surface area contributed by atoms with E-state index >= 15 is 0 Å². The Morgan fingerprint density at radius 1 is 1.08 bits per heavy atom. The van der Waals surface area contributed by atoms with E-state index in [1.807, 2.05) is 0 Å². The van der Waals surface area contributed by atoms with Crippen LogP contribution in [0.15, 0.2) is 0 Å². The number of hydrogen-bond donors (Lipinski definition) is 0. The van der Waals surface area contributed by atoms with E-state index < -0.39 is 0 Å². The van der Waals surface area contributed by atoms with Crippen molar-refractivity contribution in [1.82, 2.24) is 4.90 Å². The molecule has 5 nitrogen and oxygen atoms in total. The van der Waals surface area contributed by atoms with Gasteiger partial charge < -0.3 is 14.2 Å². The van der Waals surface area contributed by atoms with Crippen molar-refractivity contribution in [3.8, 4) is 0 Å². The predicted molar refractivity (Wildman–Crippen MR) is 96.7 cm³/mol. The van der Waals surface area contributed by atoms with Gasteiger partial charge in [0, 0.05) is 31.5 Å². The fraction of sp³-hybridized carbons (Fsp3) is 0.952. The summed E-state index contributed by atoms with van der Waals surface area (Å²) >= 11 is 0. The Balaban J connectivity index is 1.42. The molecule has 3 aliphatic heterocycles. The van der Waals surface area contributed by atoms with Crippen LogP contribution in [0.25, 0.3) is 0 Å². The molecule has 1 spiro atoms. The van der Waals surface area contributed by atoms with Crippen molar-refractivity contribution in [2.45, 2.75) is 82.9 Å². The Bertz CT molecular complexity index is 601. The van der Waals surface area contributed by atoms with Crippen molar-refractivity contribution < 1.29 is 19.0 Å². The Morgan fingerprint density at radius 2 is 1.81 bits per heavy atom. The number of nitrogens with zero attached hydrogens (tertiary/aromatic N) is 1. The van der Waals surface area contributed by atoms with Gasteiger partial charge in [-0.25, -0.2) is 0 Å². The monoisotopic (exact) mass is 363 g/mol. The minimum Gasteiger partial charge on any atom is -0.455 e. The molecule has 2 saturated carbocycles. The fourth-order valence-electron chi connectivity index (χ4n) is 6.97. The summed E-state index contributed by atoms with van der Waals surface area (Å²) in [6.45, 7) is 11.4. The average molecular weight is 363 g/mol. The summed E-state index contributed by atoms with van der Waals surface area (Å²) in [6.07, 6.45) is 5.14. The van der Waals surface area contributed by atoms with E-state index in [1.54, 1.807) is 0 Å². The van der Waals surface area contributed by atoms with Crippen LogP contribution in [0.4, 0.5) is 0 Å². The molecule has 3 heterocycles. The zero-order valence-electron chi connectivity index (χ0n) is 16.6. The molecule has 0 aromatic rings. The second-order valence-electron chi connectivity index (χ2n) is 9.97. The van der Waals surface area contributed by atoms with Gasteiger partial charge in [0.05, 0.1) is 23.7 Å². The summed E-state index contributed by atoms with van der Waals surface area (Å²) in [5.74, 6) is 1.43. The molecule has 26 heavy (non-hydrogen) atoms. The van der Waals surface area contributed by atoms with Crippen LogP contribution in [0.2, 0.25) is 0 Å². The Morgan fingerprint density at radius 3 is 2.54 bits per heavy atom. The second kappa shape index (κ2) is 5.68. The Labute approximate surface area is 156 Å². The normalized spacial score (nSPS) is 56.3. The third kappa shape index (κ3) is 2.36. The molecular weight excluding hydrogens is 330 g/mol. The van der Waals surface area contributed by atoms with Crippen LogP contribution >= 0.6 is 0 Å². The maximum absolute atomic E-state index is 13.1. The lowest BCUT2D eigenvalue weighted by molar-refractivity contribution is -0.168. The molecule has 0 N–H and O–H groups in total. The SMILES string of the molecule is C[C@@H]1CN(C[C@@H]2C(=O)O[C@@]34[C@@H](CC[C@@]5(C)O[C@@H]35)[C@H](C)CC[C@@H]24)C[C@H](C)O1. The van der Waals surface area contributed by atoms with Crippen molar-refractivity contribution >= 4 is 5.97 Å². The van der Waals surface area contributed by atoms with Gasteiger partial charge in [-0.2, -0.15) is 0 Å². The van der Waals surface area contributed by atoms with E-state index in [4.69, 9.17) is 14.2 Å². The zero-order chi connectivity index (χ0) is 18.3. The van der Waals surface area contributed by atoms with Crippen LogP contribution in [0.3, 0.4) is 0 Å². The fourth-order valence-corrected chi connectivity index (χ4v) is 6.97. The van der Waals surface area contributed by atoms with E-state index in [0.717, 1.165) is 38.9 Å². The molecule has 5 heteroatoms. The number of esters is 1. The number of fused-ring (bicyclic) bond motifs is 1. The summed E-state index contributed by atoms with van der Waals surface area (Å²) in [6, 6.07) is 0. The van der Waals surface area contributed by atoms with Gasteiger partial charge in [-0.05, 0) is 52.4 Å². The number of epoxide rings is 1. The number of hydrogen-bond acceptors (Lipinski definition) is 5. The van der Waals surface area contributed by atoms with Crippen molar-refractivity contribution in [2.24, 2.45) is 23.7 Å². The van der Waals surface area contributed by atoms with Gasteiger partial charge in [0.2, 0.25) is 0 Å². The summed E-state index contributed by atoms with van der Waals surface area (Å²) in [5.41, 5.74) is -0.404. The number of carbonyl (C=O) groups is 1. The topological polar surface area (TPSA) is 51.3 Å². The smallest absolute Gasteiger partial charge is 0.311 e. The van der Waals surface area contributed by atoms with Crippen LogP contribution in [0.1, 0.15) is 53.4 Å². The molecule has 5 fully saturated rings. The Hall–Kier alpha value is -0.650. The van der Waals surface area contributed by atoms with Gasteiger partial charge in [-0.3, -0.25) is 9.69 Å². The second-order valence-corrected chi connectivity index (χ2v) is 9.97. The minimum atomic E-state index is -0.351. The van der Waals surface area contributed by atoms with Gasteiger partial charge in [0.1, 0.15) is 11.7 Å². The van der Waals surface area contributed by atoms with Crippen molar-refractivity contribution in [3.63, 3.8) is 0 Å². The van der Waals surface area contributed by atoms with Crippen LogP contribution in [0, 0.1) is 23.7 Å². The van der Waals surface area contributed by atoms with Gasteiger partial charge in [-0.1, -0.05) is 6.92 Å². The lowest BCUT2D eigenvalue weighted by Gasteiger charge is -2.50. The lowest BCUT2D eigenvalue weighted by Crippen LogP contribution is -2.58. The molecule has 2 aliphatic carbocycles. The first-order valence-electron chi connectivity index (χ1n) is 10.6. The number of carbonyl (C=O) groups excluding carboxylic acids is 1. The molecule has 0 aromatic heterocycles. The van der Waals surface area contributed by atoms with Gasteiger partial charge in [0.25, 0.3) is 0 Å². The summed E-state index contributed by atoms with van der Waals surface area (Å²) < 4.78 is 18.4. The predicted octanol–water partition coefficient (Wildman–Crippen LogP) is 2.62. The highest BCUT2D eigenvalue weighted by atomic mass is 16.7. The summed E-state index contributed by atoms with van der Waals surface area (Å²) in [4.78, 5) is 15.5. The van der Waals surface area contributed by atoms with Crippen molar-refractivity contribution in [3.05, 3.63) is 0 Å². The first kappa shape index (κ1) is 17.4. The van der Waals surface area contributed by atoms with Crippen LogP contribution in [-0.4, -0.2) is 60.0 Å². The van der Waals surface area contributed by atoms with E-state index in [-0.39, 0.29) is 41.4 Å². The molecule has 0 amide bonds. The van der Waals surface area contributed by atoms with E-state index in [9.17, 15) is 4.79 Å². The third-order valence-electron chi connectivity index (χ3n) is 8.04. The van der Waals surface area contributed by atoms with Gasteiger partial charge in [0.15, 0.2) is 0 Å². The first-order valence-corrected chi connectivity index (χ1v) is 10.6. The third-order valence-corrected chi connectivity index (χ3v) is 8.04. The summed E-state index contributed by atoms with van der Waals surface area (Å²) in [5, 5.41) is 0. The number of morpholine rings is 1. The lowest BCUT2D eigenvalue weighted by atomic mass is 9.55. The molecule has 5 aliphatic rings.